The first kappa shape index (κ1) is 14.5. The Morgan fingerprint density at radius 2 is 2.18 bits per heavy atom. The van der Waals surface area contributed by atoms with Gasteiger partial charge < -0.3 is 15.4 Å². The zero-order valence-corrected chi connectivity index (χ0v) is 11.6. The fourth-order valence-electron chi connectivity index (χ4n) is 1.47. The second-order valence-electron chi connectivity index (χ2n) is 4.41. The van der Waals surface area contributed by atoms with Gasteiger partial charge in [0.25, 0.3) is 0 Å². The lowest BCUT2D eigenvalue weighted by Crippen LogP contribution is -2.42. The Morgan fingerprint density at radius 3 is 2.65 bits per heavy atom. The van der Waals surface area contributed by atoms with Crippen LogP contribution in [0.2, 0.25) is 0 Å². The quantitative estimate of drug-likeness (QED) is 0.565. The summed E-state index contributed by atoms with van der Waals surface area (Å²) in [6.07, 6.45) is 2.61. The molecule has 0 aliphatic rings. The number of hydrogen-bond acceptors (Lipinski definition) is 5. The molecule has 5 nitrogen and oxygen atoms in total. The summed E-state index contributed by atoms with van der Waals surface area (Å²) in [5.74, 6) is 1.87. The lowest BCUT2D eigenvalue weighted by atomic mass is 9.93. The van der Waals surface area contributed by atoms with Gasteiger partial charge in [0.2, 0.25) is 0 Å². The monoisotopic (exact) mass is 258 g/mol. The number of hydrogen-bond donors (Lipinski definition) is 2. The van der Waals surface area contributed by atoms with Gasteiger partial charge in [-0.1, -0.05) is 18.7 Å². The van der Waals surface area contributed by atoms with E-state index in [4.69, 9.17) is 5.73 Å². The minimum absolute atomic E-state index is 0.0528. The van der Waals surface area contributed by atoms with Crippen LogP contribution >= 0.6 is 11.8 Å². The van der Waals surface area contributed by atoms with Gasteiger partial charge in [0.1, 0.15) is 5.82 Å². The van der Waals surface area contributed by atoms with E-state index in [9.17, 15) is 5.11 Å². The van der Waals surface area contributed by atoms with Crippen LogP contribution < -0.4 is 5.73 Å². The summed E-state index contributed by atoms with van der Waals surface area (Å²) in [5, 5.41) is 18.2. The van der Waals surface area contributed by atoms with Crippen molar-refractivity contribution in [1.82, 2.24) is 14.8 Å². The molecule has 0 aliphatic carbocycles. The minimum atomic E-state index is -0.420. The number of nitrogens with zero attached hydrogens (tertiary/aromatic N) is 3. The van der Waals surface area contributed by atoms with Crippen LogP contribution in [-0.2, 0) is 7.05 Å². The van der Waals surface area contributed by atoms with Gasteiger partial charge in [0.15, 0.2) is 5.16 Å². The highest BCUT2D eigenvalue weighted by molar-refractivity contribution is 7.99. The topological polar surface area (TPSA) is 77.0 Å². The van der Waals surface area contributed by atoms with Crippen molar-refractivity contribution in [2.24, 2.45) is 12.8 Å². The van der Waals surface area contributed by atoms with Crippen LogP contribution in [0.4, 0.5) is 0 Å². The summed E-state index contributed by atoms with van der Waals surface area (Å²) in [4.78, 5) is 0. The predicted octanol–water partition coefficient (Wildman–Crippen LogP) is 1.10. The fourth-order valence-corrected chi connectivity index (χ4v) is 2.36. The Hall–Kier alpha value is -0.590. The molecule has 0 saturated heterocycles. The normalized spacial score (nSPS) is 14.9. The lowest BCUT2D eigenvalue weighted by molar-refractivity contribution is 0.182. The van der Waals surface area contributed by atoms with Crippen molar-refractivity contribution in [2.75, 3.05) is 12.4 Å². The van der Waals surface area contributed by atoms with Gasteiger partial charge in [-0.25, -0.2) is 0 Å². The van der Waals surface area contributed by atoms with E-state index in [2.05, 4.69) is 10.2 Å². The highest BCUT2D eigenvalue weighted by Crippen LogP contribution is 2.20. The van der Waals surface area contributed by atoms with E-state index in [1.165, 1.54) is 0 Å². The van der Waals surface area contributed by atoms with Crippen molar-refractivity contribution >= 4 is 11.8 Å². The highest BCUT2D eigenvalue weighted by Gasteiger charge is 2.20. The van der Waals surface area contributed by atoms with E-state index >= 15 is 0 Å². The molecule has 0 radical (unpaired) electrons. The molecule has 0 saturated carbocycles. The van der Waals surface area contributed by atoms with Crippen molar-refractivity contribution in [3.8, 4) is 0 Å². The van der Waals surface area contributed by atoms with E-state index in [1.54, 1.807) is 11.8 Å². The average molecular weight is 258 g/mol. The number of aliphatic hydroxyl groups excluding tert-OH is 1. The summed E-state index contributed by atoms with van der Waals surface area (Å²) in [5.41, 5.74) is 5.60. The molecule has 0 amide bonds. The number of nitrogens with two attached hydrogens (primary N) is 1. The van der Waals surface area contributed by atoms with Crippen LogP contribution in [0.25, 0.3) is 0 Å². The van der Waals surface area contributed by atoms with Crippen molar-refractivity contribution in [3.63, 3.8) is 0 Å². The van der Waals surface area contributed by atoms with Gasteiger partial charge in [-0.05, 0) is 26.2 Å². The number of aliphatic hydroxyl groups is 1. The Balaban J connectivity index is 2.31. The first-order valence-electron chi connectivity index (χ1n) is 5.91. The van der Waals surface area contributed by atoms with E-state index in [0.717, 1.165) is 36.0 Å². The second-order valence-corrected chi connectivity index (χ2v) is 5.48. The smallest absolute Gasteiger partial charge is 0.190 e. The van der Waals surface area contributed by atoms with E-state index < -0.39 is 5.54 Å². The summed E-state index contributed by atoms with van der Waals surface area (Å²) < 4.78 is 1.98. The molecule has 1 rings (SSSR count). The highest BCUT2D eigenvalue weighted by atomic mass is 32.2. The maximum atomic E-state index is 9.19. The van der Waals surface area contributed by atoms with Crippen LogP contribution in [0.15, 0.2) is 5.16 Å². The first-order chi connectivity index (χ1) is 8.02. The maximum Gasteiger partial charge on any atom is 0.190 e. The Bertz CT molecular complexity index is 349. The molecule has 1 aromatic heterocycles. The van der Waals surface area contributed by atoms with Crippen molar-refractivity contribution < 1.29 is 5.11 Å². The van der Waals surface area contributed by atoms with E-state index in [1.807, 2.05) is 25.5 Å². The van der Waals surface area contributed by atoms with Crippen LogP contribution in [-0.4, -0.2) is 37.8 Å². The van der Waals surface area contributed by atoms with Crippen molar-refractivity contribution in [1.29, 1.82) is 0 Å². The molecular weight excluding hydrogens is 236 g/mol. The molecule has 1 atom stereocenters. The van der Waals surface area contributed by atoms with Crippen LogP contribution in [0, 0.1) is 6.92 Å². The standard InChI is InChI=1S/C11H22N4OS/c1-4-11(12,8-16)6-5-7-17-10-14-13-9(2)15(10)3/h16H,4-8,12H2,1-3H3. The molecular formula is C11H22N4OS. The van der Waals surface area contributed by atoms with Crippen LogP contribution in [0.1, 0.15) is 32.0 Å². The third-order valence-electron chi connectivity index (χ3n) is 3.12. The van der Waals surface area contributed by atoms with Gasteiger partial charge in [0, 0.05) is 18.3 Å². The van der Waals surface area contributed by atoms with Gasteiger partial charge in [-0.2, -0.15) is 0 Å². The van der Waals surface area contributed by atoms with E-state index in [0.29, 0.717) is 0 Å². The van der Waals surface area contributed by atoms with Gasteiger partial charge in [-0.3, -0.25) is 0 Å². The predicted molar refractivity (Wildman–Crippen MR) is 70.0 cm³/mol. The molecule has 98 valence electrons. The third kappa shape index (κ3) is 3.97. The number of rotatable bonds is 7. The molecule has 3 N–H and O–H groups in total. The Labute approximate surface area is 107 Å². The molecule has 0 aliphatic heterocycles. The molecule has 1 heterocycles. The zero-order valence-electron chi connectivity index (χ0n) is 10.8. The molecule has 0 fully saturated rings. The molecule has 0 aromatic carbocycles. The summed E-state index contributed by atoms with van der Waals surface area (Å²) in [6.45, 7) is 4.00. The van der Waals surface area contributed by atoms with Crippen LogP contribution in [0.3, 0.4) is 0 Å². The first-order valence-corrected chi connectivity index (χ1v) is 6.89. The number of aromatic nitrogens is 3. The van der Waals surface area contributed by atoms with E-state index in [-0.39, 0.29) is 6.61 Å². The molecule has 0 spiro atoms. The largest absolute Gasteiger partial charge is 0.394 e. The molecule has 1 aromatic rings. The second kappa shape index (κ2) is 6.37. The van der Waals surface area contributed by atoms with Crippen LogP contribution in [0.5, 0.6) is 0 Å². The Morgan fingerprint density at radius 1 is 1.47 bits per heavy atom. The zero-order chi connectivity index (χ0) is 12.9. The third-order valence-corrected chi connectivity index (χ3v) is 4.23. The SMILES string of the molecule is CCC(N)(CO)CCCSc1nnc(C)n1C. The van der Waals surface area contributed by atoms with Gasteiger partial charge in [-0.15, -0.1) is 10.2 Å². The average Bonchev–Trinajstić information content (AvgIpc) is 2.66. The fraction of sp³-hybridized carbons (Fsp3) is 0.818. The summed E-state index contributed by atoms with van der Waals surface area (Å²) in [7, 11) is 1.96. The summed E-state index contributed by atoms with van der Waals surface area (Å²) in [6, 6.07) is 0. The van der Waals surface area contributed by atoms with Gasteiger partial charge in [0.05, 0.1) is 6.61 Å². The van der Waals surface area contributed by atoms with Crippen molar-refractivity contribution in [3.05, 3.63) is 5.82 Å². The molecule has 17 heavy (non-hydrogen) atoms. The van der Waals surface area contributed by atoms with Crippen molar-refractivity contribution in [2.45, 2.75) is 43.8 Å². The lowest BCUT2D eigenvalue weighted by Gasteiger charge is -2.25. The molecule has 6 heteroatoms. The summed E-state index contributed by atoms with van der Waals surface area (Å²) >= 11 is 1.68. The van der Waals surface area contributed by atoms with Gasteiger partial charge >= 0.3 is 0 Å². The minimum Gasteiger partial charge on any atom is -0.394 e. The maximum absolute atomic E-state index is 9.19. The Kier molecular flexibility index (Phi) is 5.42. The molecule has 0 bridgehead atoms. The number of aryl methyl sites for hydroxylation is 1. The number of thioether (sulfide) groups is 1. The molecule has 1 unspecified atom stereocenters.